The normalized spacial score (nSPS) is 10.7. The number of rotatable bonds is 7. The van der Waals surface area contributed by atoms with Crippen LogP contribution in [0.5, 0.6) is 11.5 Å². The third-order valence-corrected chi connectivity index (χ3v) is 5.57. The molecule has 3 rings (SSSR count). The van der Waals surface area contributed by atoms with Crippen molar-refractivity contribution >= 4 is 21.8 Å². The number of carbonyl (C=O) groups is 1. The molecule has 0 fully saturated rings. The topological polar surface area (TPSA) is 65.4 Å². The van der Waals surface area contributed by atoms with Gasteiger partial charge in [0, 0.05) is 11.0 Å². The van der Waals surface area contributed by atoms with Crippen molar-refractivity contribution in [3.8, 4) is 17.2 Å². The summed E-state index contributed by atoms with van der Waals surface area (Å²) in [6.07, 6.45) is 2.26. The number of benzene rings is 2. The van der Waals surface area contributed by atoms with E-state index in [-0.39, 0.29) is 5.91 Å². The van der Waals surface area contributed by atoms with E-state index < -0.39 is 0 Å². The monoisotopic (exact) mass is 457 g/mol. The Bertz CT molecular complexity index is 1030. The third kappa shape index (κ3) is 4.45. The zero-order valence-electron chi connectivity index (χ0n) is 17.0. The van der Waals surface area contributed by atoms with Crippen molar-refractivity contribution in [1.82, 2.24) is 15.1 Å². The fourth-order valence-electron chi connectivity index (χ4n) is 3.17. The predicted octanol–water partition coefficient (Wildman–Crippen LogP) is 4.24. The summed E-state index contributed by atoms with van der Waals surface area (Å²) >= 11 is 3.55. The number of carbonyl (C=O) groups excluding carboxylic acids is 1. The lowest BCUT2D eigenvalue weighted by molar-refractivity contribution is 0.0953. The quantitative estimate of drug-likeness (QED) is 0.575. The lowest BCUT2D eigenvalue weighted by Crippen LogP contribution is -2.26. The average molecular weight is 458 g/mol. The highest BCUT2D eigenvalue weighted by Crippen LogP contribution is 2.33. The minimum Gasteiger partial charge on any atom is -0.493 e. The molecule has 29 heavy (non-hydrogen) atoms. The Labute approximate surface area is 179 Å². The van der Waals surface area contributed by atoms with Crippen molar-refractivity contribution in [2.24, 2.45) is 0 Å². The Balaban J connectivity index is 1.69. The fraction of sp³-hybridized carbons (Fsp3) is 0.273. The molecular weight excluding hydrogens is 434 g/mol. The minimum atomic E-state index is -0.140. The number of halogens is 1. The van der Waals surface area contributed by atoms with Crippen LogP contribution in [0.15, 0.2) is 47.1 Å². The van der Waals surface area contributed by atoms with Crippen molar-refractivity contribution in [3.05, 3.63) is 69.5 Å². The van der Waals surface area contributed by atoms with Crippen LogP contribution in [-0.2, 0) is 6.42 Å². The largest absolute Gasteiger partial charge is 0.493 e. The Hall–Kier alpha value is -2.80. The number of amides is 1. The minimum absolute atomic E-state index is 0.140. The number of ether oxygens (including phenoxy) is 2. The van der Waals surface area contributed by atoms with Crippen molar-refractivity contribution in [2.45, 2.75) is 20.3 Å². The molecule has 0 aliphatic rings. The van der Waals surface area contributed by atoms with E-state index in [1.165, 1.54) is 0 Å². The summed E-state index contributed by atoms with van der Waals surface area (Å²) in [7, 11) is 3.20. The van der Waals surface area contributed by atoms with Gasteiger partial charge in [0.1, 0.15) is 0 Å². The molecule has 0 bridgehead atoms. The summed E-state index contributed by atoms with van der Waals surface area (Å²) in [6, 6.07) is 11.7. The molecule has 2 aromatic carbocycles. The molecule has 3 aromatic rings. The highest BCUT2D eigenvalue weighted by atomic mass is 79.9. The summed E-state index contributed by atoms with van der Waals surface area (Å²) in [5.74, 6) is 1.18. The van der Waals surface area contributed by atoms with Crippen LogP contribution in [0.3, 0.4) is 0 Å². The SMILES string of the molecule is COc1cc(Br)c(CCNC(=O)c2cnn(-c3ccccc3C)c2C)cc1OC. The number of hydrogen-bond acceptors (Lipinski definition) is 4. The first-order chi connectivity index (χ1) is 14.0. The second kappa shape index (κ2) is 9.13. The first-order valence-electron chi connectivity index (χ1n) is 9.25. The van der Waals surface area contributed by atoms with Gasteiger partial charge >= 0.3 is 0 Å². The lowest BCUT2D eigenvalue weighted by Gasteiger charge is -2.12. The van der Waals surface area contributed by atoms with Gasteiger partial charge in [0.25, 0.3) is 5.91 Å². The molecule has 1 heterocycles. The molecule has 152 valence electrons. The Kier molecular flexibility index (Phi) is 6.59. The van der Waals surface area contributed by atoms with Crippen molar-refractivity contribution in [2.75, 3.05) is 20.8 Å². The van der Waals surface area contributed by atoms with Crippen LogP contribution < -0.4 is 14.8 Å². The van der Waals surface area contributed by atoms with Crippen molar-refractivity contribution in [1.29, 1.82) is 0 Å². The summed E-state index contributed by atoms with van der Waals surface area (Å²) in [4.78, 5) is 12.7. The molecule has 1 aromatic heterocycles. The van der Waals surface area contributed by atoms with E-state index in [2.05, 4.69) is 26.3 Å². The number of nitrogens with zero attached hydrogens (tertiary/aromatic N) is 2. The maximum atomic E-state index is 12.7. The average Bonchev–Trinajstić information content (AvgIpc) is 3.10. The zero-order valence-corrected chi connectivity index (χ0v) is 18.5. The molecule has 6 nitrogen and oxygen atoms in total. The van der Waals surface area contributed by atoms with Gasteiger partial charge in [-0.2, -0.15) is 5.10 Å². The Morgan fingerprint density at radius 3 is 2.52 bits per heavy atom. The molecule has 0 unspecified atom stereocenters. The van der Waals surface area contributed by atoms with E-state index in [9.17, 15) is 4.79 Å². The maximum Gasteiger partial charge on any atom is 0.254 e. The van der Waals surface area contributed by atoms with E-state index in [4.69, 9.17) is 9.47 Å². The van der Waals surface area contributed by atoms with Gasteiger partial charge in [-0.25, -0.2) is 4.68 Å². The van der Waals surface area contributed by atoms with E-state index in [1.807, 2.05) is 50.2 Å². The van der Waals surface area contributed by atoms with Gasteiger partial charge in [-0.3, -0.25) is 4.79 Å². The van der Waals surface area contributed by atoms with Crippen molar-refractivity contribution in [3.63, 3.8) is 0 Å². The van der Waals surface area contributed by atoms with Gasteiger partial charge in [-0.05, 0) is 49.6 Å². The number of para-hydroxylation sites is 1. The standard InChI is InChI=1S/C22H24BrN3O3/c1-14-7-5-6-8-19(14)26-15(2)17(13-25-26)22(27)24-10-9-16-11-20(28-3)21(29-4)12-18(16)23/h5-8,11-13H,9-10H2,1-4H3,(H,24,27). The predicted molar refractivity (Wildman–Crippen MR) is 116 cm³/mol. The first-order valence-corrected chi connectivity index (χ1v) is 10.0. The molecule has 0 aliphatic carbocycles. The van der Waals surface area contributed by atoms with E-state index in [1.54, 1.807) is 25.1 Å². The summed E-state index contributed by atoms with van der Waals surface area (Å²) in [5.41, 5.74) is 4.47. The molecule has 0 saturated carbocycles. The molecule has 7 heteroatoms. The molecule has 0 radical (unpaired) electrons. The smallest absolute Gasteiger partial charge is 0.254 e. The van der Waals surface area contributed by atoms with Gasteiger partial charge in [0.05, 0.1) is 37.4 Å². The zero-order chi connectivity index (χ0) is 21.0. The molecule has 1 amide bonds. The van der Waals surface area contributed by atoms with Crippen LogP contribution in [0.1, 0.15) is 27.2 Å². The van der Waals surface area contributed by atoms with Gasteiger partial charge < -0.3 is 14.8 Å². The second-order valence-electron chi connectivity index (χ2n) is 6.65. The lowest BCUT2D eigenvalue weighted by atomic mass is 10.1. The number of hydrogen-bond donors (Lipinski definition) is 1. The fourth-order valence-corrected chi connectivity index (χ4v) is 3.69. The van der Waals surface area contributed by atoms with Crippen LogP contribution >= 0.6 is 15.9 Å². The molecule has 0 aliphatic heterocycles. The van der Waals surface area contributed by atoms with Gasteiger partial charge in [-0.1, -0.05) is 34.1 Å². The number of methoxy groups -OCH3 is 2. The van der Waals surface area contributed by atoms with Gasteiger partial charge in [0.2, 0.25) is 0 Å². The first kappa shape index (κ1) is 20.9. The second-order valence-corrected chi connectivity index (χ2v) is 7.50. The number of aryl methyl sites for hydroxylation is 1. The molecule has 0 atom stereocenters. The molecule has 0 saturated heterocycles. The highest BCUT2D eigenvalue weighted by molar-refractivity contribution is 9.10. The van der Waals surface area contributed by atoms with Crippen molar-refractivity contribution < 1.29 is 14.3 Å². The third-order valence-electron chi connectivity index (χ3n) is 4.83. The number of aromatic nitrogens is 2. The van der Waals surface area contributed by atoms with Crippen LogP contribution in [0.25, 0.3) is 5.69 Å². The van der Waals surface area contributed by atoms with Crippen LogP contribution in [0.4, 0.5) is 0 Å². The van der Waals surface area contributed by atoms with Crippen LogP contribution in [0, 0.1) is 13.8 Å². The van der Waals surface area contributed by atoms with Gasteiger partial charge in [-0.15, -0.1) is 0 Å². The van der Waals surface area contributed by atoms with Crippen LogP contribution in [0.2, 0.25) is 0 Å². The Morgan fingerprint density at radius 2 is 1.83 bits per heavy atom. The highest BCUT2D eigenvalue weighted by Gasteiger charge is 2.16. The Morgan fingerprint density at radius 1 is 1.14 bits per heavy atom. The van der Waals surface area contributed by atoms with E-state index >= 15 is 0 Å². The van der Waals surface area contributed by atoms with Crippen LogP contribution in [-0.4, -0.2) is 36.5 Å². The number of nitrogens with one attached hydrogen (secondary N) is 1. The summed E-state index contributed by atoms with van der Waals surface area (Å²) < 4.78 is 13.4. The van der Waals surface area contributed by atoms with Gasteiger partial charge in [0.15, 0.2) is 11.5 Å². The maximum absolute atomic E-state index is 12.7. The summed E-state index contributed by atoms with van der Waals surface area (Å²) in [5, 5.41) is 7.38. The molecular formula is C22H24BrN3O3. The molecule has 0 spiro atoms. The molecule has 1 N–H and O–H groups in total. The summed E-state index contributed by atoms with van der Waals surface area (Å²) in [6.45, 7) is 4.42. The van der Waals surface area contributed by atoms with E-state index in [0.717, 1.165) is 27.0 Å². The van der Waals surface area contributed by atoms with E-state index in [0.29, 0.717) is 30.0 Å².